The predicted octanol–water partition coefficient (Wildman–Crippen LogP) is -1.72. The first kappa shape index (κ1) is 79.6. The highest BCUT2D eigenvalue weighted by Crippen LogP contribution is 2.22. The minimum absolute atomic E-state index is 0.0914. The first-order valence-electron chi connectivity index (χ1n) is 29.6. The number of nitrogens with two attached hydrogens (primary N) is 4. The number of rotatable bonds is 43. The van der Waals surface area contributed by atoms with Crippen molar-refractivity contribution in [3.8, 4) is 0 Å². The van der Waals surface area contributed by atoms with Crippen LogP contribution in [0.4, 0.5) is 0 Å². The van der Waals surface area contributed by atoms with E-state index >= 15 is 0 Å². The molecule has 0 heterocycles. The second-order valence-electron chi connectivity index (χ2n) is 24.0. The summed E-state index contributed by atoms with van der Waals surface area (Å²) in [4.78, 5) is 183. The highest BCUT2D eigenvalue weighted by molar-refractivity contribution is 6.01. The maximum absolute atomic E-state index is 14.1. The third-order valence-electron chi connectivity index (χ3n) is 14.4. The van der Waals surface area contributed by atoms with E-state index in [2.05, 4.69) is 47.9 Å². The maximum atomic E-state index is 14.1. The van der Waals surface area contributed by atoms with Crippen LogP contribution in [0.3, 0.4) is 0 Å². The smallest absolute Gasteiger partial charge is 0.305 e. The Hall–Kier alpha value is -7.40. The van der Waals surface area contributed by atoms with Gasteiger partial charge in [0, 0.05) is 24.3 Å². The number of hydrogen-bond donors (Lipinski definition) is 15. The van der Waals surface area contributed by atoms with Crippen molar-refractivity contribution in [1.29, 1.82) is 0 Å². The molecule has 0 aromatic carbocycles. The molecular weight excluding hydrogens is 1130 g/mol. The highest BCUT2D eigenvalue weighted by Gasteiger charge is 2.41. The molecule has 12 atom stereocenters. The molecule has 29 nitrogen and oxygen atoms in total. The second-order valence-corrected chi connectivity index (χ2v) is 24.0. The Morgan fingerprint density at radius 2 is 0.989 bits per heavy atom. The number of primary amides is 3. The van der Waals surface area contributed by atoms with Crippen LogP contribution in [0, 0.1) is 23.7 Å². The molecule has 19 N–H and O–H groups in total. The first-order chi connectivity index (χ1) is 40.1. The molecule has 0 aliphatic rings. The Morgan fingerprint density at radius 1 is 0.517 bits per heavy atom. The van der Waals surface area contributed by atoms with Crippen LogP contribution in [0.1, 0.15) is 174 Å². The molecular formula is C58H101N13O16. The van der Waals surface area contributed by atoms with Gasteiger partial charge in [-0.2, -0.15) is 0 Å². The van der Waals surface area contributed by atoms with E-state index in [4.69, 9.17) is 22.9 Å². The van der Waals surface area contributed by atoms with Gasteiger partial charge in [0.05, 0.1) is 42.5 Å². The second kappa shape index (κ2) is 38.0. The minimum atomic E-state index is -1.76. The van der Waals surface area contributed by atoms with Gasteiger partial charge in [-0.1, -0.05) is 74.0 Å². The van der Waals surface area contributed by atoms with Crippen molar-refractivity contribution in [2.45, 2.75) is 246 Å². The van der Waals surface area contributed by atoms with Crippen molar-refractivity contribution < 1.29 is 77.3 Å². The van der Waals surface area contributed by atoms with Gasteiger partial charge in [-0.25, -0.2) is 0 Å². The van der Waals surface area contributed by atoms with E-state index in [9.17, 15) is 77.3 Å². The molecule has 0 bridgehead atoms. The molecule has 0 radical (unpaired) electrons. The van der Waals surface area contributed by atoms with Gasteiger partial charge in [-0.05, 0) is 98.3 Å². The van der Waals surface area contributed by atoms with Crippen LogP contribution in [0.25, 0.3) is 0 Å². The number of ketones is 2. The van der Waals surface area contributed by atoms with Crippen LogP contribution in [-0.4, -0.2) is 164 Å². The fourth-order valence-electron chi connectivity index (χ4n) is 9.17. The van der Waals surface area contributed by atoms with E-state index in [1.165, 1.54) is 20.8 Å². The van der Waals surface area contributed by atoms with Crippen molar-refractivity contribution >= 4 is 82.5 Å². The lowest BCUT2D eigenvalue weighted by atomic mass is 9.84. The molecule has 1 unspecified atom stereocenters. The Labute approximate surface area is 510 Å². The lowest BCUT2D eigenvalue weighted by Gasteiger charge is -2.34. The van der Waals surface area contributed by atoms with E-state index in [-0.39, 0.29) is 36.9 Å². The zero-order chi connectivity index (χ0) is 67.4. The zero-order valence-electron chi connectivity index (χ0n) is 53.1. The van der Waals surface area contributed by atoms with Gasteiger partial charge in [0.15, 0.2) is 11.6 Å². The topological polar surface area (TPSA) is 492 Å². The zero-order valence-corrected chi connectivity index (χ0v) is 53.1. The monoisotopic (exact) mass is 1240 g/mol. The number of aliphatic hydroxyl groups excluding tert-OH is 1. The predicted molar refractivity (Wildman–Crippen MR) is 321 cm³/mol. The molecule has 0 aromatic rings. The number of allylic oxidation sites excluding steroid dienone is 2. The number of carboxylic acids is 1. The number of nitrogens with one attached hydrogen (secondary N) is 9. The molecule has 0 aliphatic heterocycles. The summed E-state index contributed by atoms with van der Waals surface area (Å²) >= 11 is 0. The lowest BCUT2D eigenvalue weighted by Crippen LogP contribution is -2.62. The van der Waals surface area contributed by atoms with Crippen LogP contribution >= 0.6 is 0 Å². The first-order valence-corrected chi connectivity index (χ1v) is 29.6. The van der Waals surface area contributed by atoms with Crippen LogP contribution < -0.4 is 70.8 Å². The summed E-state index contributed by atoms with van der Waals surface area (Å²) in [6.07, 6.45) is 2.00. The summed E-state index contributed by atoms with van der Waals surface area (Å²) in [6, 6.07) is -11.9. The fourth-order valence-corrected chi connectivity index (χ4v) is 9.17. The van der Waals surface area contributed by atoms with Crippen LogP contribution in [0.5, 0.6) is 0 Å². The van der Waals surface area contributed by atoms with Crippen molar-refractivity contribution in [2.75, 3.05) is 0 Å². The van der Waals surface area contributed by atoms with Crippen molar-refractivity contribution in [3.63, 3.8) is 0 Å². The van der Waals surface area contributed by atoms with Gasteiger partial charge in [-0.3, -0.25) is 67.1 Å². The number of aliphatic hydroxyl groups is 1. The maximum Gasteiger partial charge on any atom is 0.305 e. The van der Waals surface area contributed by atoms with Crippen molar-refractivity contribution in [2.24, 2.45) is 46.6 Å². The lowest BCUT2D eigenvalue weighted by molar-refractivity contribution is -0.142. The quantitative estimate of drug-likeness (QED) is 0.0238. The number of carbonyl (C=O) groups is 14. The van der Waals surface area contributed by atoms with E-state index < -0.39 is 186 Å². The van der Waals surface area contributed by atoms with Crippen LogP contribution in [-0.2, 0) is 67.1 Å². The molecule has 494 valence electrons. The Kier molecular flexibility index (Phi) is 34.8. The molecule has 87 heavy (non-hydrogen) atoms. The van der Waals surface area contributed by atoms with Gasteiger partial charge in [0.1, 0.15) is 42.3 Å². The number of amides is 11. The Bertz CT molecular complexity index is 2450. The normalized spacial score (nSPS) is 16.4. The fraction of sp³-hybridized carbons (Fsp3) is 0.724. The molecule has 0 aromatic heterocycles. The molecule has 0 rings (SSSR count). The largest absolute Gasteiger partial charge is 0.481 e. The summed E-state index contributed by atoms with van der Waals surface area (Å²) < 4.78 is 0. The van der Waals surface area contributed by atoms with E-state index in [1.54, 1.807) is 62.3 Å². The summed E-state index contributed by atoms with van der Waals surface area (Å²) in [7, 11) is 0. The van der Waals surface area contributed by atoms with Gasteiger partial charge in [-0.15, -0.1) is 0 Å². The van der Waals surface area contributed by atoms with Crippen molar-refractivity contribution in [1.82, 2.24) is 47.9 Å². The number of carboxylic acid groups (broad SMARTS) is 1. The molecule has 0 spiro atoms. The van der Waals surface area contributed by atoms with Crippen molar-refractivity contribution in [3.05, 3.63) is 12.2 Å². The summed E-state index contributed by atoms with van der Waals surface area (Å²) in [6.45, 7) is 22.6. The summed E-state index contributed by atoms with van der Waals surface area (Å²) in [5, 5.41) is 42.8. The number of hydrogen-bond acceptors (Lipinski definition) is 17. The van der Waals surface area contributed by atoms with Gasteiger partial charge in [0.2, 0.25) is 65.0 Å². The average Bonchev–Trinajstić information content (AvgIpc) is 1.78. The third kappa shape index (κ3) is 28.8. The van der Waals surface area contributed by atoms with E-state index in [0.29, 0.717) is 32.1 Å². The van der Waals surface area contributed by atoms with E-state index in [1.807, 2.05) is 26.0 Å². The molecule has 0 saturated heterocycles. The SMILES string of the molecule is CC[C@H](C)[C@H](NC(=O)[C@H](C)NC(=O)[C@H](CC(N)=O)NC(=O)[C@H](CCC(N)=O)NC(=O)[C@@H](N)[C@@H](C)O)C(=O)N[C@@H](CC(=O)O)C(=O)NC(C)(CCC/C=C\CCC[C@](C)(NC(C)C)C(=O)N[C@H](C(=O)N[C@@H](CC(N)=O)C(=O)C(C)C)C(C)C)C(=O)C(C)C. The van der Waals surface area contributed by atoms with Gasteiger partial charge in [0.25, 0.3) is 0 Å². The summed E-state index contributed by atoms with van der Waals surface area (Å²) in [5.74, 6) is -14.4. The van der Waals surface area contributed by atoms with E-state index in [0.717, 1.165) is 0 Å². The molecule has 0 aliphatic carbocycles. The molecule has 29 heteroatoms. The summed E-state index contributed by atoms with van der Waals surface area (Å²) in [5.41, 5.74) is 18.9. The number of carbonyl (C=O) groups excluding carboxylic acids is 13. The average molecular weight is 1240 g/mol. The highest BCUT2D eigenvalue weighted by atomic mass is 16.4. The van der Waals surface area contributed by atoms with Gasteiger partial charge < -0.3 is 81.0 Å². The number of Topliss-reactive ketones (excluding diaryl/α,β-unsaturated/α-hetero) is 2. The number of aliphatic carboxylic acids is 1. The Balaban J connectivity index is 6.26. The van der Waals surface area contributed by atoms with Crippen LogP contribution in [0.2, 0.25) is 0 Å². The minimum Gasteiger partial charge on any atom is -0.481 e. The molecule has 0 fully saturated rings. The van der Waals surface area contributed by atoms with Crippen LogP contribution in [0.15, 0.2) is 12.2 Å². The molecule has 0 saturated carbocycles. The third-order valence-corrected chi connectivity index (χ3v) is 14.4. The number of unbranched alkanes of at least 4 members (excludes halogenated alkanes) is 2. The standard InChI is InChI=1S/C58H101N13O16/c1-15-33(10)46(68-49(80)34(11)63-51(82)38(27-42(61)75)66-50(81)36(22-23-40(59)73)64-53(84)44(62)35(12)72)55(86)67-39(28-43(76)77)52(83)71-57(13,48(79)31(6)7)24-20-18-16-17-19-21-25-58(14,70-32(8)9)56(87)69-45(29(2)3)54(85)65-37(26-41(60)74)47(78)30(4)5/h16-17,29-39,44-46,70,72H,15,18-28,62H2,1-14H3,(H2,59,73)(H2,60,74)(H2,61,75)(H,63,82)(H,64,84)(H,65,85)(H,66,81)(H,67,86)(H,68,80)(H,69,87)(H,71,83)(H,76,77)/b17-16-/t33-,34-,35+,36-,37-,38-,39-,44-,45-,46-,57?,58-/m0/s1. The Morgan fingerprint density at radius 3 is 1.45 bits per heavy atom. The molecule has 11 amide bonds. The van der Waals surface area contributed by atoms with Gasteiger partial charge >= 0.3 is 5.97 Å².